The van der Waals surface area contributed by atoms with Crippen molar-refractivity contribution >= 4 is 29.1 Å². The Morgan fingerprint density at radius 3 is 2.58 bits per heavy atom. The first-order chi connectivity index (χ1) is 12.5. The highest BCUT2D eigenvalue weighted by Crippen LogP contribution is 2.47. The van der Waals surface area contributed by atoms with Crippen molar-refractivity contribution in [1.82, 2.24) is 5.32 Å². The van der Waals surface area contributed by atoms with Gasteiger partial charge in [-0.25, -0.2) is 4.39 Å². The van der Waals surface area contributed by atoms with E-state index in [1.54, 1.807) is 13.2 Å². The van der Waals surface area contributed by atoms with Gasteiger partial charge >= 0.3 is 0 Å². The standard InChI is InChI=1S/C19H18ClFN2O3/c1-26-16-5-3-2-4-12(16)11-22-17(24)19(8-9-19)18(25)23-13-6-7-15(21)14(20)10-13/h2-7,10H,8-9,11H2,1H3,(H,22,24)(H,23,25). The molecule has 0 unspecified atom stereocenters. The third-order valence-corrected chi connectivity index (χ3v) is 4.72. The van der Waals surface area contributed by atoms with Crippen LogP contribution >= 0.6 is 11.6 Å². The summed E-state index contributed by atoms with van der Waals surface area (Å²) in [6.07, 6.45) is 0.928. The molecule has 0 spiro atoms. The highest BCUT2D eigenvalue weighted by molar-refractivity contribution is 6.31. The van der Waals surface area contributed by atoms with Gasteiger partial charge in [0.1, 0.15) is 17.0 Å². The number of nitrogens with one attached hydrogen (secondary N) is 2. The summed E-state index contributed by atoms with van der Waals surface area (Å²) in [7, 11) is 1.56. The number of hydrogen-bond acceptors (Lipinski definition) is 3. The molecule has 0 aliphatic heterocycles. The molecular formula is C19H18ClFN2O3. The number of carbonyl (C=O) groups excluding carboxylic acids is 2. The number of methoxy groups -OCH3 is 1. The zero-order chi connectivity index (χ0) is 18.7. The van der Waals surface area contributed by atoms with E-state index in [1.165, 1.54) is 18.2 Å². The lowest BCUT2D eigenvalue weighted by Crippen LogP contribution is -2.39. The molecule has 1 saturated carbocycles. The molecule has 7 heteroatoms. The average molecular weight is 377 g/mol. The largest absolute Gasteiger partial charge is 0.496 e. The van der Waals surface area contributed by atoms with Gasteiger partial charge in [-0.1, -0.05) is 29.8 Å². The van der Waals surface area contributed by atoms with Crippen molar-refractivity contribution in [3.05, 3.63) is 58.9 Å². The average Bonchev–Trinajstić information content (AvgIpc) is 3.45. The van der Waals surface area contributed by atoms with Crippen molar-refractivity contribution in [2.45, 2.75) is 19.4 Å². The van der Waals surface area contributed by atoms with E-state index in [0.717, 1.165) is 5.56 Å². The quantitative estimate of drug-likeness (QED) is 0.758. The lowest BCUT2D eigenvalue weighted by atomic mass is 10.0. The third-order valence-electron chi connectivity index (χ3n) is 4.43. The van der Waals surface area contributed by atoms with Gasteiger partial charge in [0.15, 0.2) is 0 Å². The van der Waals surface area contributed by atoms with Crippen LogP contribution in [0.1, 0.15) is 18.4 Å². The zero-order valence-electron chi connectivity index (χ0n) is 14.1. The molecule has 0 saturated heterocycles. The van der Waals surface area contributed by atoms with Crippen LogP contribution < -0.4 is 15.4 Å². The van der Waals surface area contributed by atoms with E-state index in [9.17, 15) is 14.0 Å². The molecule has 2 N–H and O–H groups in total. The predicted octanol–water partition coefficient (Wildman–Crippen LogP) is 3.52. The number of anilines is 1. The van der Waals surface area contributed by atoms with Crippen molar-refractivity contribution in [2.75, 3.05) is 12.4 Å². The van der Waals surface area contributed by atoms with Crippen molar-refractivity contribution in [3.63, 3.8) is 0 Å². The van der Waals surface area contributed by atoms with E-state index < -0.39 is 17.1 Å². The number of rotatable bonds is 6. The van der Waals surface area contributed by atoms with Crippen LogP contribution in [-0.2, 0) is 16.1 Å². The van der Waals surface area contributed by atoms with Crippen molar-refractivity contribution in [1.29, 1.82) is 0 Å². The second-order valence-corrected chi connectivity index (χ2v) is 6.57. The number of carbonyl (C=O) groups is 2. The lowest BCUT2D eigenvalue weighted by molar-refractivity contribution is -0.134. The molecule has 2 aromatic rings. The zero-order valence-corrected chi connectivity index (χ0v) is 14.9. The number of hydrogen-bond donors (Lipinski definition) is 2. The maximum absolute atomic E-state index is 13.2. The number of ether oxygens (including phenoxy) is 1. The number of para-hydroxylation sites is 1. The SMILES string of the molecule is COc1ccccc1CNC(=O)C1(C(=O)Nc2ccc(F)c(Cl)c2)CC1. The van der Waals surface area contributed by atoms with E-state index in [4.69, 9.17) is 16.3 Å². The van der Waals surface area contributed by atoms with E-state index in [0.29, 0.717) is 24.3 Å². The Kier molecular flexibility index (Phi) is 5.13. The number of halogens is 2. The van der Waals surface area contributed by atoms with Crippen LogP contribution in [0.25, 0.3) is 0 Å². The van der Waals surface area contributed by atoms with Gasteiger partial charge in [0.25, 0.3) is 0 Å². The van der Waals surface area contributed by atoms with E-state index >= 15 is 0 Å². The van der Waals surface area contributed by atoms with Crippen molar-refractivity contribution in [3.8, 4) is 5.75 Å². The molecule has 0 bridgehead atoms. The summed E-state index contributed by atoms with van der Waals surface area (Å²) in [5, 5.41) is 5.35. The Morgan fingerprint density at radius 2 is 1.92 bits per heavy atom. The first-order valence-electron chi connectivity index (χ1n) is 8.13. The Labute approximate surface area is 155 Å². The first kappa shape index (κ1) is 18.2. The Balaban J connectivity index is 1.64. The van der Waals surface area contributed by atoms with E-state index in [-0.39, 0.29) is 17.5 Å². The van der Waals surface area contributed by atoms with Crippen molar-refractivity contribution < 1.29 is 18.7 Å². The maximum atomic E-state index is 13.2. The molecule has 0 aromatic heterocycles. The Morgan fingerprint density at radius 1 is 1.19 bits per heavy atom. The number of amides is 2. The summed E-state index contributed by atoms with van der Waals surface area (Å²) in [6.45, 7) is 0.264. The molecule has 2 amide bonds. The maximum Gasteiger partial charge on any atom is 0.240 e. The predicted molar refractivity (Wildman–Crippen MR) is 96.5 cm³/mol. The van der Waals surface area contributed by atoms with E-state index in [1.807, 2.05) is 18.2 Å². The molecule has 1 aliphatic rings. The minimum atomic E-state index is -1.09. The summed E-state index contributed by atoms with van der Waals surface area (Å²) >= 11 is 5.72. The van der Waals surface area contributed by atoms with Gasteiger partial charge in [-0.15, -0.1) is 0 Å². The molecule has 136 valence electrons. The second-order valence-electron chi connectivity index (χ2n) is 6.16. The van der Waals surface area contributed by atoms with Gasteiger partial charge in [0, 0.05) is 17.8 Å². The fourth-order valence-corrected chi connectivity index (χ4v) is 2.88. The fourth-order valence-electron chi connectivity index (χ4n) is 2.70. The second kappa shape index (κ2) is 7.33. The van der Waals surface area contributed by atoms with Crippen LogP contribution in [0.5, 0.6) is 5.75 Å². The Hall–Kier alpha value is -2.60. The molecule has 1 aliphatic carbocycles. The smallest absolute Gasteiger partial charge is 0.240 e. The molecular weight excluding hydrogens is 359 g/mol. The minimum absolute atomic E-state index is 0.0896. The van der Waals surface area contributed by atoms with Gasteiger partial charge in [-0.3, -0.25) is 9.59 Å². The first-order valence-corrected chi connectivity index (χ1v) is 8.51. The number of benzene rings is 2. The van der Waals surface area contributed by atoms with Crippen LogP contribution in [0.4, 0.5) is 10.1 Å². The molecule has 3 rings (SSSR count). The molecule has 0 radical (unpaired) electrons. The molecule has 5 nitrogen and oxygen atoms in total. The highest BCUT2D eigenvalue weighted by atomic mass is 35.5. The van der Waals surface area contributed by atoms with Crippen LogP contribution in [0.2, 0.25) is 5.02 Å². The molecule has 0 atom stereocenters. The molecule has 26 heavy (non-hydrogen) atoms. The van der Waals surface area contributed by atoms with Gasteiger partial charge in [0.2, 0.25) is 11.8 Å². The van der Waals surface area contributed by atoms with Crippen molar-refractivity contribution in [2.24, 2.45) is 5.41 Å². The monoisotopic (exact) mass is 376 g/mol. The van der Waals surface area contributed by atoms with Gasteiger partial charge in [-0.05, 0) is 37.1 Å². The van der Waals surface area contributed by atoms with Gasteiger partial charge in [-0.2, -0.15) is 0 Å². The normalized spacial score (nSPS) is 14.4. The molecule has 2 aromatic carbocycles. The van der Waals surface area contributed by atoms with Crippen LogP contribution in [0, 0.1) is 11.2 Å². The minimum Gasteiger partial charge on any atom is -0.496 e. The summed E-state index contributed by atoms with van der Waals surface area (Å²) in [6, 6.07) is 11.2. The van der Waals surface area contributed by atoms with Gasteiger partial charge in [0.05, 0.1) is 12.1 Å². The molecule has 0 heterocycles. The van der Waals surface area contributed by atoms with Crippen LogP contribution in [-0.4, -0.2) is 18.9 Å². The fraction of sp³-hybridized carbons (Fsp3) is 0.263. The van der Waals surface area contributed by atoms with E-state index in [2.05, 4.69) is 10.6 Å². The summed E-state index contributed by atoms with van der Waals surface area (Å²) in [5.74, 6) is -0.657. The van der Waals surface area contributed by atoms with Crippen LogP contribution in [0.3, 0.4) is 0 Å². The summed E-state index contributed by atoms with van der Waals surface area (Å²) < 4.78 is 18.5. The summed E-state index contributed by atoms with van der Waals surface area (Å²) in [5.41, 5.74) is 0.0816. The summed E-state index contributed by atoms with van der Waals surface area (Å²) in [4.78, 5) is 25.1. The highest BCUT2D eigenvalue weighted by Gasteiger charge is 2.56. The molecule has 1 fully saturated rings. The van der Waals surface area contributed by atoms with Crippen LogP contribution in [0.15, 0.2) is 42.5 Å². The topological polar surface area (TPSA) is 67.4 Å². The Bertz CT molecular complexity index is 852. The lowest BCUT2D eigenvalue weighted by Gasteiger charge is -2.16. The van der Waals surface area contributed by atoms with Gasteiger partial charge < -0.3 is 15.4 Å². The third kappa shape index (κ3) is 3.65.